The molecule has 3 heteroatoms. The molecule has 17 heavy (non-hydrogen) atoms. The van der Waals surface area contributed by atoms with Crippen molar-refractivity contribution >= 4 is 23.0 Å². The summed E-state index contributed by atoms with van der Waals surface area (Å²) in [6.07, 6.45) is 0. The van der Waals surface area contributed by atoms with Crippen molar-refractivity contribution in [2.24, 2.45) is 11.8 Å². The highest BCUT2D eigenvalue weighted by atomic mass is 35.5. The molecule has 0 saturated carbocycles. The number of hydrogen-bond acceptors (Lipinski definition) is 2. The first-order valence-electron chi connectivity index (χ1n) is 6.20. The molecule has 0 saturated heterocycles. The Kier molecular flexibility index (Phi) is 5.13. The lowest BCUT2D eigenvalue weighted by Gasteiger charge is -2.29. The van der Waals surface area contributed by atoms with E-state index in [1.54, 1.807) is 0 Å². The van der Waals surface area contributed by atoms with Gasteiger partial charge in [0.25, 0.3) is 0 Å². The van der Waals surface area contributed by atoms with Crippen molar-refractivity contribution in [2.45, 2.75) is 27.7 Å². The zero-order chi connectivity index (χ0) is 13.0. The zero-order valence-electron chi connectivity index (χ0n) is 11.2. The molecule has 1 rings (SSSR count). The van der Waals surface area contributed by atoms with Gasteiger partial charge in [-0.15, -0.1) is 0 Å². The monoisotopic (exact) mass is 254 g/mol. The Labute approximate surface area is 110 Å². The van der Waals surface area contributed by atoms with Crippen LogP contribution in [-0.4, -0.2) is 13.1 Å². The van der Waals surface area contributed by atoms with Gasteiger partial charge in [0.05, 0.1) is 16.4 Å². The molecule has 0 unspecified atom stereocenters. The van der Waals surface area contributed by atoms with Crippen LogP contribution in [-0.2, 0) is 0 Å². The highest BCUT2D eigenvalue weighted by Gasteiger charge is 2.14. The summed E-state index contributed by atoms with van der Waals surface area (Å²) in [5, 5.41) is 0.639. The molecule has 0 aliphatic carbocycles. The minimum atomic E-state index is 0.604. The molecule has 0 spiro atoms. The average molecular weight is 255 g/mol. The van der Waals surface area contributed by atoms with E-state index in [0.29, 0.717) is 22.5 Å². The number of nitrogens with two attached hydrogens (primary N) is 1. The summed E-state index contributed by atoms with van der Waals surface area (Å²) in [5.41, 5.74) is 7.81. The van der Waals surface area contributed by atoms with Gasteiger partial charge < -0.3 is 10.6 Å². The third-order valence-corrected chi connectivity index (χ3v) is 2.87. The van der Waals surface area contributed by atoms with Gasteiger partial charge in [-0.3, -0.25) is 0 Å². The van der Waals surface area contributed by atoms with Crippen molar-refractivity contribution in [3.63, 3.8) is 0 Å². The van der Waals surface area contributed by atoms with E-state index >= 15 is 0 Å². The molecule has 0 heterocycles. The van der Waals surface area contributed by atoms with E-state index in [2.05, 4.69) is 32.6 Å². The fourth-order valence-electron chi connectivity index (χ4n) is 1.95. The average Bonchev–Trinajstić information content (AvgIpc) is 2.19. The lowest BCUT2D eigenvalue weighted by atomic mass is 10.1. The van der Waals surface area contributed by atoms with Crippen LogP contribution in [0.3, 0.4) is 0 Å². The second kappa shape index (κ2) is 6.15. The molecule has 1 aromatic rings. The van der Waals surface area contributed by atoms with Gasteiger partial charge in [-0.25, -0.2) is 0 Å². The van der Waals surface area contributed by atoms with E-state index in [9.17, 15) is 0 Å². The molecule has 0 bridgehead atoms. The SMILES string of the molecule is CC(C)CN(CC(C)C)c1cccc(Cl)c1N. The quantitative estimate of drug-likeness (QED) is 0.804. The van der Waals surface area contributed by atoms with Gasteiger partial charge in [0, 0.05) is 13.1 Å². The van der Waals surface area contributed by atoms with E-state index < -0.39 is 0 Å². The number of hydrogen-bond donors (Lipinski definition) is 1. The van der Waals surface area contributed by atoms with E-state index in [4.69, 9.17) is 17.3 Å². The van der Waals surface area contributed by atoms with Crippen LogP contribution in [0.5, 0.6) is 0 Å². The Morgan fingerprint density at radius 3 is 2.12 bits per heavy atom. The van der Waals surface area contributed by atoms with Crippen LogP contribution in [0.15, 0.2) is 18.2 Å². The Morgan fingerprint density at radius 1 is 1.12 bits per heavy atom. The van der Waals surface area contributed by atoms with Crippen LogP contribution in [0, 0.1) is 11.8 Å². The number of benzene rings is 1. The molecule has 0 aliphatic heterocycles. The molecule has 0 aromatic heterocycles. The third-order valence-electron chi connectivity index (χ3n) is 2.54. The van der Waals surface area contributed by atoms with Crippen LogP contribution in [0.2, 0.25) is 5.02 Å². The van der Waals surface area contributed by atoms with Crippen LogP contribution in [0.1, 0.15) is 27.7 Å². The number of nitrogen functional groups attached to an aromatic ring is 1. The van der Waals surface area contributed by atoms with Gasteiger partial charge in [-0.2, -0.15) is 0 Å². The molecule has 1 aromatic carbocycles. The maximum Gasteiger partial charge on any atom is 0.0741 e. The first-order valence-corrected chi connectivity index (χ1v) is 6.58. The number of halogens is 1. The fourth-order valence-corrected chi connectivity index (χ4v) is 2.12. The summed E-state index contributed by atoms with van der Waals surface area (Å²) >= 11 is 6.08. The van der Waals surface area contributed by atoms with Crippen LogP contribution in [0.4, 0.5) is 11.4 Å². The van der Waals surface area contributed by atoms with E-state index in [1.165, 1.54) is 0 Å². The summed E-state index contributed by atoms with van der Waals surface area (Å²) in [7, 11) is 0. The molecule has 0 atom stereocenters. The second-order valence-corrected chi connectivity index (χ2v) is 5.77. The summed E-state index contributed by atoms with van der Waals surface area (Å²) in [6.45, 7) is 10.9. The molecule has 96 valence electrons. The van der Waals surface area contributed by atoms with Crippen molar-refractivity contribution in [2.75, 3.05) is 23.7 Å². The zero-order valence-corrected chi connectivity index (χ0v) is 12.0. The van der Waals surface area contributed by atoms with Gasteiger partial charge >= 0.3 is 0 Å². The summed E-state index contributed by atoms with van der Waals surface area (Å²) in [5.74, 6) is 1.21. The van der Waals surface area contributed by atoms with Crippen molar-refractivity contribution in [1.29, 1.82) is 0 Å². The molecule has 2 N–H and O–H groups in total. The second-order valence-electron chi connectivity index (χ2n) is 5.37. The molecule has 0 fully saturated rings. The summed E-state index contributed by atoms with van der Waals surface area (Å²) < 4.78 is 0. The number of nitrogens with zero attached hydrogens (tertiary/aromatic N) is 1. The van der Waals surface area contributed by atoms with E-state index in [0.717, 1.165) is 18.8 Å². The number of anilines is 2. The van der Waals surface area contributed by atoms with Crippen LogP contribution < -0.4 is 10.6 Å². The number of rotatable bonds is 5. The summed E-state index contributed by atoms with van der Waals surface area (Å²) in [6, 6.07) is 5.84. The van der Waals surface area contributed by atoms with Gasteiger partial charge in [-0.05, 0) is 24.0 Å². The molecule has 0 aliphatic rings. The Morgan fingerprint density at radius 2 is 1.65 bits per heavy atom. The maximum atomic E-state index is 6.08. The largest absolute Gasteiger partial charge is 0.396 e. The summed E-state index contributed by atoms with van der Waals surface area (Å²) in [4.78, 5) is 2.33. The van der Waals surface area contributed by atoms with Crippen LogP contribution >= 0.6 is 11.6 Å². The van der Waals surface area contributed by atoms with Gasteiger partial charge in [-0.1, -0.05) is 45.4 Å². The minimum absolute atomic E-state index is 0.604. The molecular weight excluding hydrogens is 232 g/mol. The third kappa shape index (κ3) is 4.12. The standard InChI is InChI=1S/C14H23ClN2/c1-10(2)8-17(9-11(3)4)13-7-5-6-12(15)14(13)16/h5-7,10-11H,8-9,16H2,1-4H3. The highest BCUT2D eigenvalue weighted by molar-refractivity contribution is 6.33. The predicted molar refractivity (Wildman–Crippen MR) is 77.8 cm³/mol. The molecule has 0 radical (unpaired) electrons. The Bertz CT molecular complexity index is 351. The highest BCUT2D eigenvalue weighted by Crippen LogP contribution is 2.30. The fraction of sp³-hybridized carbons (Fsp3) is 0.571. The Balaban J connectivity index is 2.99. The van der Waals surface area contributed by atoms with Gasteiger partial charge in [0.15, 0.2) is 0 Å². The van der Waals surface area contributed by atoms with Crippen LogP contribution in [0.25, 0.3) is 0 Å². The molecule has 2 nitrogen and oxygen atoms in total. The van der Waals surface area contributed by atoms with Crippen molar-refractivity contribution in [3.05, 3.63) is 23.2 Å². The normalized spacial score (nSPS) is 11.2. The first kappa shape index (κ1) is 14.2. The first-order chi connectivity index (χ1) is 7.91. The molecule has 0 amide bonds. The minimum Gasteiger partial charge on any atom is -0.396 e. The lowest BCUT2D eigenvalue weighted by Crippen LogP contribution is -2.31. The Hall–Kier alpha value is -0.890. The lowest BCUT2D eigenvalue weighted by molar-refractivity contribution is 0.553. The topological polar surface area (TPSA) is 29.3 Å². The van der Waals surface area contributed by atoms with Gasteiger partial charge in [0.1, 0.15) is 0 Å². The smallest absolute Gasteiger partial charge is 0.0741 e. The van der Waals surface area contributed by atoms with Crippen molar-refractivity contribution in [3.8, 4) is 0 Å². The number of para-hydroxylation sites is 1. The van der Waals surface area contributed by atoms with E-state index in [-0.39, 0.29) is 0 Å². The van der Waals surface area contributed by atoms with E-state index in [1.807, 2.05) is 18.2 Å². The molecular formula is C14H23ClN2. The van der Waals surface area contributed by atoms with Crippen molar-refractivity contribution in [1.82, 2.24) is 0 Å². The van der Waals surface area contributed by atoms with Crippen molar-refractivity contribution < 1.29 is 0 Å². The predicted octanol–water partition coefficient (Wildman–Crippen LogP) is 4.04. The maximum absolute atomic E-state index is 6.08. The van der Waals surface area contributed by atoms with Gasteiger partial charge in [0.2, 0.25) is 0 Å².